The molecular formula is C21H23NO2S2. The molecule has 3 nitrogen and oxygen atoms in total. The molecule has 26 heavy (non-hydrogen) atoms. The summed E-state index contributed by atoms with van der Waals surface area (Å²) in [4.78, 5) is 24.1. The van der Waals surface area contributed by atoms with Crippen molar-refractivity contribution in [3.8, 4) is 11.1 Å². The quantitative estimate of drug-likeness (QED) is 0.669. The number of rotatable bonds is 6. The van der Waals surface area contributed by atoms with Crippen molar-refractivity contribution in [2.24, 2.45) is 0 Å². The summed E-state index contributed by atoms with van der Waals surface area (Å²) in [6, 6.07) is 18.7. The molecule has 1 saturated heterocycles. The fourth-order valence-corrected chi connectivity index (χ4v) is 4.98. The Balaban J connectivity index is 1.66. The molecule has 0 saturated carbocycles. The van der Waals surface area contributed by atoms with Gasteiger partial charge in [0.15, 0.2) is 5.12 Å². The van der Waals surface area contributed by atoms with Gasteiger partial charge in [-0.05, 0) is 41.5 Å². The minimum absolute atomic E-state index is 0.0104. The van der Waals surface area contributed by atoms with Gasteiger partial charge in [0.05, 0.1) is 0 Å². The number of hydrogen-bond donors (Lipinski definition) is 0. The van der Waals surface area contributed by atoms with Crippen molar-refractivity contribution >= 4 is 34.7 Å². The molecule has 0 aromatic heterocycles. The van der Waals surface area contributed by atoms with E-state index in [1.54, 1.807) is 18.9 Å². The van der Waals surface area contributed by atoms with Crippen molar-refractivity contribution in [3.05, 3.63) is 60.2 Å². The second kappa shape index (κ2) is 9.28. The smallest absolute Gasteiger partial charge is 0.233 e. The van der Waals surface area contributed by atoms with Crippen LogP contribution in [0.5, 0.6) is 0 Å². The van der Waals surface area contributed by atoms with E-state index < -0.39 is 0 Å². The first-order chi connectivity index (χ1) is 12.6. The van der Waals surface area contributed by atoms with Gasteiger partial charge in [0.1, 0.15) is 0 Å². The number of thioether (sulfide) groups is 1. The summed E-state index contributed by atoms with van der Waals surface area (Å²) in [6.45, 7) is 2.40. The molecule has 1 aliphatic heterocycles. The van der Waals surface area contributed by atoms with E-state index in [9.17, 15) is 9.59 Å². The summed E-state index contributed by atoms with van der Waals surface area (Å²) in [6.07, 6.45) is 2.20. The molecule has 3 rings (SSSR count). The number of carbonyl (C=O) groups excluding carboxylic acids is 2. The first kappa shape index (κ1) is 19.1. The Morgan fingerprint density at radius 1 is 1.08 bits per heavy atom. The molecule has 136 valence electrons. The third-order valence-corrected chi connectivity index (χ3v) is 6.46. The van der Waals surface area contributed by atoms with Crippen molar-refractivity contribution < 1.29 is 9.59 Å². The van der Waals surface area contributed by atoms with Crippen LogP contribution >= 0.6 is 23.7 Å². The van der Waals surface area contributed by atoms with Crippen LogP contribution in [-0.4, -0.2) is 32.9 Å². The number of nitrogens with zero attached hydrogens (tertiary/aromatic N) is 1. The van der Waals surface area contributed by atoms with Crippen molar-refractivity contribution in [2.75, 3.05) is 12.3 Å². The van der Waals surface area contributed by atoms with Crippen LogP contribution in [0.25, 0.3) is 11.1 Å². The number of hydrogen-bond acceptors (Lipinski definition) is 4. The zero-order chi connectivity index (χ0) is 18.4. The van der Waals surface area contributed by atoms with E-state index in [4.69, 9.17) is 0 Å². The minimum atomic E-state index is -0.0104. The molecule has 2 aromatic rings. The van der Waals surface area contributed by atoms with Crippen molar-refractivity contribution in [1.29, 1.82) is 0 Å². The lowest BCUT2D eigenvalue weighted by Gasteiger charge is -2.19. The zero-order valence-electron chi connectivity index (χ0n) is 14.9. The Morgan fingerprint density at radius 2 is 1.77 bits per heavy atom. The lowest BCUT2D eigenvalue weighted by Crippen LogP contribution is -2.26. The second-order valence-electron chi connectivity index (χ2n) is 6.39. The van der Waals surface area contributed by atoms with Gasteiger partial charge in [0.2, 0.25) is 5.91 Å². The Bertz CT molecular complexity index is 740. The second-order valence-corrected chi connectivity index (χ2v) is 8.97. The van der Waals surface area contributed by atoms with E-state index >= 15 is 0 Å². The first-order valence-electron chi connectivity index (χ1n) is 8.86. The van der Waals surface area contributed by atoms with Gasteiger partial charge in [-0.3, -0.25) is 13.9 Å². The maximum Gasteiger partial charge on any atom is 0.233 e. The maximum atomic E-state index is 12.4. The standard InChI is InChI=1S/C21H23NO2S2/c1-16(23)26-20(15-21(24)22-12-5-13-25-22)14-17-8-10-19(11-9-17)18-6-3-2-4-7-18/h2-4,6-11,20H,5,12-15H2,1H3. The molecule has 5 heteroatoms. The topological polar surface area (TPSA) is 37.4 Å². The molecule has 0 N–H and O–H groups in total. The summed E-state index contributed by atoms with van der Waals surface area (Å²) >= 11 is 2.89. The van der Waals surface area contributed by atoms with E-state index in [1.165, 1.54) is 22.9 Å². The fraction of sp³-hybridized carbons (Fsp3) is 0.333. The van der Waals surface area contributed by atoms with E-state index in [2.05, 4.69) is 36.4 Å². The maximum absolute atomic E-state index is 12.4. The average Bonchev–Trinajstić information content (AvgIpc) is 3.17. The number of benzene rings is 2. The molecule has 0 spiro atoms. The van der Waals surface area contributed by atoms with Crippen LogP contribution in [0.4, 0.5) is 0 Å². The molecule has 1 aliphatic rings. The molecule has 1 amide bonds. The Labute approximate surface area is 163 Å². The van der Waals surface area contributed by atoms with E-state index in [0.717, 1.165) is 30.7 Å². The van der Waals surface area contributed by atoms with Crippen LogP contribution in [0, 0.1) is 0 Å². The third-order valence-electron chi connectivity index (χ3n) is 4.29. The predicted octanol–water partition coefficient (Wildman–Crippen LogP) is 4.82. The predicted molar refractivity (Wildman–Crippen MR) is 111 cm³/mol. The summed E-state index contributed by atoms with van der Waals surface area (Å²) in [5.41, 5.74) is 3.52. The summed E-state index contributed by atoms with van der Waals surface area (Å²) < 4.78 is 1.85. The molecule has 1 unspecified atom stereocenters. The monoisotopic (exact) mass is 385 g/mol. The van der Waals surface area contributed by atoms with Crippen LogP contribution in [-0.2, 0) is 16.0 Å². The Kier molecular flexibility index (Phi) is 6.80. The molecule has 0 bridgehead atoms. The fourth-order valence-electron chi connectivity index (χ4n) is 3.06. The Hall–Kier alpha value is -1.72. The highest BCUT2D eigenvalue weighted by atomic mass is 32.2. The number of carbonyl (C=O) groups is 2. The first-order valence-corrected chi connectivity index (χ1v) is 10.7. The molecular weight excluding hydrogens is 362 g/mol. The van der Waals surface area contributed by atoms with Gasteiger partial charge in [0, 0.05) is 30.9 Å². The van der Waals surface area contributed by atoms with Crippen LogP contribution in [0.1, 0.15) is 25.3 Å². The van der Waals surface area contributed by atoms with Gasteiger partial charge in [-0.1, -0.05) is 66.4 Å². The molecule has 1 atom stereocenters. The Morgan fingerprint density at radius 3 is 2.38 bits per heavy atom. The minimum Gasteiger partial charge on any atom is -0.288 e. The van der Waals surface area contributed by atoms with Gasteiger partial charge >= 0.3 is 0 Å². The highest BCUT2D eigenvalue weighted by molar-refractivity contribution is 8.14. The third kappa shape index (κ3) is 5.39. The average molecular weight is 386 g/mol. The largest absolute Gasteiger partial charge is 0.288 e. The van der Waals surface area contributed by atoms with Crippen LogP contribution in [0.2, 0.25) is 0 Å². The molecule has 1 heterocycles. The molecule has 0 aliphatic carbocycles. The summed E-state index contributed by atoms with van der Waals surface area (Å²) in [5.74, 6) is 1.16. The zero-order valence-corrected chi connectivity index (χ0v) is 16.5. The lowest BCUT2D eigenvalue weighted by molar-refractivity contribution is -0.125. The highest BCUT2D eigenvalue weighted by Crippen LogP contribution is 2.27. The van der Waals surface area contributed by atoms with E-state index in [1.807, 2.05) is 22.5 Å². The highest BCUT2D eigenvalue weighted by Gasteiger charge is 2.24. The van der Waals surface area contributed by atoms with Crippen LogP contribution in [0.3, 0.4) is 0 Å². The normalized spacial score (nSPS) is 15.0. The van der Waals surface area contributed by atoms with Crippen LogP contribution in [0.15, 0.2) is 54.6 Å². The van der Waals surface area contributed by atoms with Crippen molar-refractivity contribution in [2.45, 2.75) is 31.4 Å². The van der Waals surface area contributed by atoms with E-state index in [0.29, 0.717) is 6.42 Å². The molecule has 2 aromatic carbocycles. The summed E-state index contributed by atoms with van der Waals surface area (Å²) in [5, 5.41) is 0.0570. The lowest BCUT2D eigenvalue weighted by atomic mass is 10.0. The van der Waals surface area contributed by atoms with E-state index in [-0.39, 0.29) is 16.3 Å². The van der Waals surface area contributed by atoms with Gasteiger partial charge < -0.3 is 0 Å². The van der Waals surface area contributed by atoms with Gasteiger partial charge in [-0.25, -0.2) is 0 Å². The van der Waals surface area contributed by atoms with Gasteiger partial charge in [0.25, 0.3) is 0 Å². The van der Waals surface area contributed by atoms with Gasteiger partial charge in [-0.2, -0.15) is 0 Å². The van der Waals surface area contributed by atoms with Crippen molar-refractivity contribution in [3.63, 3.8) is 0 Å². The molecule has 1 fully saturated rings. The summed E-state index contributed by atoms with van der Waals surface area (Å²) in [7, 11) is 0. The SMILES string of the molecule is CC(=O)SC(CC(=O)N1CCCS1)Cc1ccc(-c2ccccc2)cc1. The number of amides is 1. The van der Waals surface area contributed by atoms with Crippen molar-refractivity contribution in [1.82, 2.24) is 4.31 Å². The van der Waals surface area contributed by atoms with Gasteiger partial charge in [-0.15, -0.1) is 0 Å². The molecule has 0 radical (unpaired) electrons. The van der Waals surface area contributed by atoms with Crippen LogP contribution < -0.4 is 0 Å².